The summed E-state index contributed by atoms with van der Waals surface area (Å²) in [5.74, 6) is -0.176. The Morgan fingerprint density at radius 1 is 1.06 bits per heavy atom. The Hall–Kier alpha value is -3.38. The highest BCUT2D eigenvalue weighted by Crippen LogP contribution is 2.26. The van der Waals surface area contributed by atoms with Crippen molar-refractivity contribution in [2.24, 2.45) is 0 Å². The molecule has 0 aliphatic carbocycles. The van der Waals surface area contributed by atoms with E-state index in [2.05, 4.69) is 41.4 Å². The minimum absolute atomic E-state index is 0.0324. The van der Waals surface area contributed by atoms with E-state index in [1.54, 1.807) is 17.0 Å². The van der Waals surface area contributed by atoms with Crippen molar-refractivity contribution in [1.29, 1.82) is 0 Å². The number of carbonyl (C=O) groups excluding carboxylic acids is 2. The van der Waals surface area contributed by atoms with Gasteiger partial charge in [0.2, 0.25) is 5.91 Å². The largest absolute Gasteiger partial charge is 0.459 e. The second kappa shape index (κ2) is 10.0. The summed E-state index contributed by atoms with van der Waals surface area (Å²) in [6.45, 7) is 2.97. The Morgan fingerprint density at radius 3 is 2.42 bits per heavy atom. The van der Waals surface area contributed by atoms with Crippen LogP contribution >= 0.6 is 0 Å². The molecule has 6 nitrogen and oxygen atoms in total. The molecule has 0 saturated carbocycles. The number of aryl methyl sites for hydroxylation is 1. The molecule has 33 heavy (non-hydrogen) atoms. The van der Waals surface area contributed by atoms with Crippen LogP contribution in [-0.2, 0) is 24.2 Å². The Labute approximate surface area is 195 Å². The number of benzene rings is 2. The van der Waals surface area contributed by atoms with Gasteiger partial charge in [-0.25, -0.2) is 0 Å². The van der Waals surface area contributed by atoms with Gasteiger partial charge in [-0.15, -0.1) is 0 Å². The number of carbonyl (C=O) groups is 2. The van der Waals surface area contributed by atoms with Gasteiger partial charge in [0.15, 0.2) is 5.76 Å². The molecule has 6 heteroatoms. The van der Waals surface area contributed by atoms with Gasteiger partial charge in [0.05, 0.1) is 12.3 Å². The molecule has 1 N–H and O–H groups in total. The van der Waals surface area contributed by atoms with E-state index in [4.69, 9.17) is 4.42 Å². The highest BCUT2D eigenvalue weighted by atomic mass is 16.3. The fraction of sp³-hybridized carbons (Fsp3) is 0.333. The number of hydrogen-bond acceptors (Lipinski definition) is 4. The summed E-state index contributed by atoms with van der Waals surface area (Å²) in [5, 5.41) is 3.12. The molecule has 0 unspecified atom stereocenters. The lowest BCUT2D eigenvalue weighted by molar-refractivity contribution is -0.126. The van der Waals surface area contributed by atoms with Crippen LogP contribution in [0.3, 0.4) is 0 Å². The van der Waals surface area contributed by atoms with E-state index < -0.39 is 6.04 Å². The first-order chi connectivity index (χ1) is 16.0. The molecule has 1 aliphatic rings. The van der Waals surface area contributed by atoms with Crippen molar-refractivity contribution in [2.45, 2.75) is 38.4 Å². The number of hydrogen-bond donors (Lipinski definition) is 1. The van der Waals surface area contributed by atoms with Crippen LogP contribution < -0.4 is 5.32 Å². The molecule has 1 aromatic heterocycles. The van der Waals surface area contributed by atoms with E-state index in [9.17, 15) is 9.59 Å². The molecule has 2 atom stereocenters. The molecule has 0 spiro atoms. The Morgan fingerprint density at radius 2 is 1.79 bits per heavy atom. The van der Waals surface area contributed by atoms with Crippen molar-refractivity contribution < 1.29 is 14.0 Å². The fourth-order valence-electron chi connectivity index (χ4n) is 4.40. The van der Waals surface area contributed by atoms with Crippen molar-refractivity contribution in [1.82, 2.24) is 15.1 Å². The lowest BCUT2D eigenvalue weighted by atomic mass is 9.93. The summed E-state index contributed by atoms with van der Waals surface area (Å²) in [4.78, 5) is 30.3. The lowest BCUT2D eigenvalue weighted by Gasteiger charge is -2.36. The first kappa shape index (κ1) is 22.8. The zero-order chi connectivity index (χ0) is 23.4. The molecule has 2 heterocycles. The van der Waals surface area contributed by atoms with Gasteiger partial charge in [-0.3, -0.25) is 9.59 Å². The van der Waals surface area contributed by atoms with Crippen molar-refractivity contribution >= 4 is 11.8 Å². The zero-order valence-electron chi connectivity index (χ0n) is 19.5. The number of fused-ring (bicyclic) bond motifs is 1. The van der Waals surface area contributed by atoms with Gasteiger partial charge in [0.25, 0.3) is 5.91 Å². The standard InChI is InChI=1S/C27H31N3O3/c1-4-19-11-13-20(14-12-19)24(29(2)3)17-28-26(31)23-16-21-8-5-6-9-22(21)18-30(23)27(32)25-10-7-15-33-25/h5-15,23-24H,4,16-18H2,1-3H3,(H,28,31)/t23-,24+/m0/s1. The van der Waals surface area contributed by atoms with Crippen LogP contribution in [0.5, 0.6) is 0 Å². The maximum atomic E-state index is 13.4. The highest BCUT2D eigenvalue weighted by Gasteiger charge is 2.36. The maximum Gasteiger partial charge on any atom is 0.290 e. The normalized spacial score (nSPS) is 16.4. The van der Waals surface area contributed by atoms with Gasteiger partial charge in [-0.05, 0) is 54.9 Å². The van der Waals surface area contributed by atoms with Crippen LogP contribution in [-0.4, -0.2) is 48.3 Å². The smallest absolute Gasteiger partial charge is 0.290 e. The molecule has 0 fully saturated rings. The molecule has 3 aromatic rings. The average Bonchev–Trinajstić information content (AvgIpc) is 3.38. The summed E-state index contributed by atoms with van der Waals surface area (Å²) in [6.07, 6.45) is 2.95. The topological polar surface area (TPSA) is 65.8 Å². The Kier molecular flexibility index (Phi) is 6.94. The second-order valence-electron chi connectivity index (χ2n) is 8.72. The maximum absolute atomic E-state index is 13.4. The SMILES string of the molecule is CCc1ccc([C@@H](CNC(=O)[C@@H]2Cc3ccccc3CN2C(=O)c2ccco2)N(C)C)cc1. The predicted octanol–water partition coefficient (Wildman–Crippen LogP) is 3.83. The molecule has 0 saturated heterocycles. The minimum Gasteiger partial charge on any atom is -0.459 e. The van der Waals surface area contributed by atoms with Gasteiger partial charge in [-0.1, -0.05) is 55.5 Å². The summed E-state index contributed by atoms with van der Waals surface area (Å²) in [5.41, 5.74) is 4.59. The van der Waals surface area contributed by atoms with E-state index in [-0.39, 0.29) is 23.6 Å². The number of likely N-dealkylation sites (N-methyl/N-ethyl adjacent to an activating group) is 1. The van der Waals surface area contributed by atoms with Crippen LogP contribution in [0, 0.1) is 0 Å². The number of nitrogens with one attached hydrogen (secondary N) is 1. The van der Waals surface area contributed by atoms with Crippen LogP contribution in [0.15, 0.2) is 71.3 Å². The van der Waals surface area contributed by atoms with Crippen LogP contribution in [0.2, 0.25) is 0 Å². The van der Waals surface area contributed by atoms with Gasteiger partial charge >= 0.3 is 0 Å². The Balaban J connectivity index is 1.53. The molecule has 0 bridgehead atoms. The molecule has 0 radical (unpaired) electrons. The number of amides is 2. The van der Waals surface area contributed by atoms with Crippen molar-refractivity contribution in [2.75, 3.05) is 20.6 Å². The minimum atomic E-state index is -0.595. The second-order valence-corrected chi connectivity index (χ2v) is 8.72. The third-order valence-electron chi connectivity index (χ3n) is 6.41. The summed E-state index contributed by atoms with van der Waals surface area (Å²) in [6, 6.07) is 19.2. The lowest BCUT2D eigenvalue weighted by Crippen LogP contribution is -2.53. The van der Waals surface area contributed by atoms with E-state index >= 15 is 0 Å². The highest BCUT2D eigenvalue weighted by molar-refractivity contribution is 5.96. The molecule has 2 amide bonds. The Bertz CT molecular complexity index is 1090. The van der Waals surface area contributed by atoms with E-state index in [1.807, 2.05) is 38.4 Å². The third-order valence-corrected chi connectivity index (χ3v) is 6.41. The van der Waals surface area contributed by atoms with E-state index in [0.29, 0.717) is 19.5 Å². The molecule has 172 valence electrons. The van der Waals surface area contributed by atoms with Gasteiger partial charge in [-0.2, -0.15) is 0 Å². The first-order valence-electron chi connectivity index (χ1n) is 11.4. The number of rotatable bonds is 7. The predicted molar refractivity (Wildman–Crippen MR) is 128 cm³/mol. The van der Waals surface area contributed by atoms with Crippen LogP contribution in [0.1, 0.15) is 45.8 Å². The first-order valence-corrected chi connectivity index (χ1v) is 11.4. The van der Waals surface area contributed by atoms with Crippen molar-refractivity contribution in [3.8, 4) is 0 Å². The van der Waals surface area contributed by atoms with Crippen LogP contribution in [0.25, 0.3) is 0 Å². The quantitative estimate of drug-likeness (QED) is 0.600. The van der Waals surface area contributed by atoms with Gasteiger partial charge in [0, 0.05) is 19.5 Å². The van der Waals surface area contributed by atoms with Gasteiger partial charge in [0.1, 0.15) is 6.04 Å². The number of furan rings is 1. The summed E-state index contributed by atoms with van der Waals surface area (Å²) >= 11 is 0. The molecular weight excluding hydrogens is 414 g/mol. The average molecular weight is 446 g/mol. The fourth-order valence-corrected chi connectivity index (χ4v) is 4.40. The molecule has 2 aromatic carbocycles. The summed E-state index contributed by atoms with van der Waals surface area (Å²) in [7, 11) is 4.02. The summed E-state index contributed by atoms with van der Waals surface area (Å²) < 4.78 is 5.34. The van der Waals surface area contributed by atoms with Crippen molar-refractivity contribution in [3.63, 3.8) is 0 Å². The zero-order valence-corrected chi connectivity index (χ0v) is 19.5. The molecular formula is C27H31N3O3. The third kappa shape index (κ3) is 5.01. The van der Waals surface area contributed by atoms with Crippen molar-refractivity contribution in [3.05, 3.63) is 94.9 Å². The van der Waals surface area contributed by atoms with E-state index in [0.717, 1.165) is 23.1 Å². The molecule has 1 aliphatic heterocycles. The van der Waals surface area contributed by atoms with Crippen LogP contribution in [0.4, 0.5) is 0 Å². The monoisotopic (exact) mass is 445 g/mol. The van der Waals surface area contributed by atoms with E-state index in [1.165, 1.54) is 11.8 Å². The molecule has 4 rings (SSSR count). The van der Waals surface area contributed by atoms with Gasteiger partial charge < -0.3 is 19.5 Å². The number of nitrogens with zero attached hydrogens (tertiary/aromatic N) is 2.